The van der Waals surface area contributed by atoms with Crippen LogP contribution in [0.1, 0.15) is 30.2 Å². The summed E-state index contributed by atoms with van der Waals surface area (Å²) in [5.74, 6) is 0. The summed E-state index contributed by atoms with van der Waals surface area (Å²) in [6.45, 7) is 3.69. The molecule has 3 nitrogen and oxygen atoms in total. The lowest BCUT2D eigenvalue weighted by Crippen LogP contribution is -2.37. The van der Waals surface area contributed by atoms with Crippen LogP contribution in [-0.4, -0.2) is 11.0 Å². The molecule has 0 saturated carbocycles. The Morgan fingerprint density at radius 1 is 1.25 bits per heavy atom. The SMILES string of the molecule is CC1CCc2ccccc2N1Cc1cccnc1CN. The van der Waals surface area contributed by atoms with E-state index in [-0.39, 0.29) is 0 Å². The molecule has 0 spiro atoms. The minimum atomic E-state index is 0.500. The summed E-state index contributed by atoms with van der Waals surface area (Å²) in [4.78, 5) is 6.87. The first-order valence-electron chi connectivity index (χ1n) is 7.27. The molecule has 20 heavy (non-hydrogen) atoms. The third-order valence-electron chi connectivity index (χ3n) is 4.18. The maximum atomic E-state index is 5.80. The molecule has 1 aromatic heterocycles. The van der Waals surface area contributed by atoms with E-state index in [1.54, 1.807) is 0 Å². The van der Waals surface area contributed by atoms with Crippen LogP contribution in [0.5, 0.6) is 0 Å². The Hall–Kier alpha value is -1.87. The lowest BCUT2D eigenvalue weighted by molar-refractivity contribution is 0.558. The van der Waals surface area contributed by atoms with Gasteiger partial charge in [-0.2, -0.15) is 0 Å². The summed E-state index contributed by atoms with van der Waals surface area (Å²) < 4.78 is 0. The minimum Gasteiger partial charge on any atom is -0.364 e. The highest BCUT2D eigenvalue weighted by molar-refractivity contribution is 5.56. The normalized spacial score (nSPS) is 17.9. The maximum Gasteiger partial charge on any atom is 0.0589 e. The van der Waals surface area contributed by atoms with Gasteiger partial charge in [-0.3, -0.25) is 4.98 Å². The highest BCUT2D eigenvalue weighted by Gasteiger charge is 2.23. The van der Waals surface area contributed by atoms with Crippen molar-refractivity contribution in [1.82, 2.24) is 4.98 Å². The van der Waals surface area contributed by atoms with Gasteiger partial charge in [0.1, 0.15) is 0 Å². The van der Waals surface area contributed by atoms with Crippen molar-refractivity contribution in [2.24, 2.45) is 5.73 Å². The molecule has 0 fully saturated rings. The largest absolute Gasteiger partial charge is 0.364 e. The summed E-state index contributed by atoms with van der Waals surface area (Å²) >= 11 is 0. The molecule has 0 saturated heterocycles. The second kappa shape index (κ2) is 5.63. The van der Waals surface area contributed by atoms with Crippen molar-refractivity contribution >= 4 is 5.69 Å². The van der Waals surface area contributed by atoms with E-state index in [1.807, 2.05) is 12.3 Å². The van der Waals surface area contributed by atoms with Crippen molar-refractivity contribution < 1.29 is 0 Å². The van der Waals surface area contributed by atoms with Gasteiger partial charge in [0, 0.05) is 31.0 Å². The number of fused-ring (bicyclic) bond motifs is 1. The van der Waals surface area contributed by atoms with Gasteiger partial charge in [-0.1, -0.05) is 24.3 Å². The van der Waals surface area contributed by atoms with E-state index in [4.69, 9.17) is 5.73 Å². The van der Waals surface area contributed by atoms with Crippen molar-refractivity contribution in [3.8, 4) is 0 Å². The van der Waals surface area contributed by atoms with E-state index < -0.39 is 0 Å². The zero-order valence-electron chi connectivity index (χ0n) is 11.9. The Balaban J connectivity index is 1.94. The molecule has 0 radical (unpaired) electrons. The van der Waals surface area contributed by atoms with Crippen LogP contribution in [0.2, 0.25) is 0 Å². The quantitative estimate of drug-likeness (QED) is 0.929. The van der Waals surface area contributed by atoms with Crippen LogP contribution in [0.4, 0.5) is 5.69 Å². The van der Waals surface area contributed by atoms with Crippen LogP contribution in [0.3, 0.4) is 0 Å². The standard InChI is InChI=1S/C17H21N3/c1-13-8-9-14-5-2-3-7-17(14)20(13)12-15-6-4-10-19-16(15)11-18/h2-7,10,13H,8-9,11-12,18H2,1H3. The van der Waals surface area contributed by atoms with Gasteiger partial charge in [0.15, 0.2) is 0 Å². The molecule has 2 aromatic rings. The first-order valence-corrected chi connectivity index (χ1v) is 7.27. The lowest BCUT2D eigenvalue weighted by Gasteiger charge is -2.37. The number of hydrogen-bond donors (Lipinski definition) is 1. The van der Waals surface area contributed by atoms with Crippen LogP contribution in [0.15, 0.2) is 42.6 Å². The smallest absolute Gasteiger partial charge is 0.0589 e. The van der Waals surface area contributed by atoms with Crippen molar-refractivity contribution in [2.75, 3.05) is 4.90 Å². The summed E-state index contributed by atoms with van der Waals surface area (Å²) in [6.07, 6.45) is 4.19. The minimum absolute atomic E-state index is 0.500. The molecule has 0 aliphatic carbocycles. The Bertz CT molecular complexity index is 594. The summed E-state index contributed by atoms with van der Waals surface area (Å²) in [6, 6.07) is 13.4. The third kappa shape index (κ3) is 2.41. The average Bonchev–Trinajstić information content (AvgIpc) is 2.50. The zero-order chi connectivity index (χ0) is 13.9. The third-order valence-corrected chi connectivity index (χ3v) is 4.18. The van der Waals surface area contributed by atoms with E-state index in [2.05, 4.69) is 47.1 Å². The van der Waals surface area contributed by atoms with Gasteiger partial charge in [0.2, 0.25) is 0 Å². The predicted octanol–water partition coefficient (Wildman–Crippen LogP) is 2.88. The fraction of sp³-hybridized carbons (Fsp3) is 0.353. The predicted molar refractivity (Wildman–Crippen MR) is 82.5 cm³/mol. The maximum absolute atomic E-state index is 5.80. The van der Waals surface area contributed by atoms with Crippen molar-refractivity contribution in [1.29, 1.82) is 0 Å². The first-order chi connectivity index (χ1) is 9.79. The van der Waals surface area contributed by atoms with Gasteiger partial charge in [0.05, 0.1) is 5.69 Å². The number of pyridine rings is 1. The van der Waals surface area contributed by atoms with E-state index in [9.17, 15) is 0 Å². The van der Waals surface area contributed by atoms with Gasteiger partial charge >= 0.3 is 0 Å². The molecule has 3 heteroatoms. The molecule has 1 aliphatic rings. The number of anilines is 1. The van der Waals surface area contributed by atoms with Gasteiger partial charge in [-0.15, -0.1) is 0 Å². The van der Waals surface area contributed by atoms with Crippen LogP contribution in [-0.2, 0) is 19.5 Å². The Morgan fingerprint density at radius 3 is 2.95 bits per heavy atom. The molecule has 2 N–H and O–H groups in total. The van der Waals surface area contributed by atoms with Gasteiger partial charge < -0.3 is 10.6 Å². The van der Waals surface area contributed by atoms with Gasteiger partial charge in [-0.25, -0.2) is 0 Å². The highest BCUT2D eigenvalue weighted by Crippen LogP contribution is 2.31. The molecule has 1 atom stereocenters. The first kappa shape index (κ1) is 13.1. The van der Waals surface area contributed by atoms with Crippen LogP contribution < -0.4 is 10.6 Å². The number of aromatic nitrogens is 1. The van der Waals surface area contributed by atoms with Crippen molar-refractivity contribution in [3.05, 3.63) is 59.4 Å². The van der Waals surface area contributed by atoms with Crippen molar-refractivity contribution in [2.45, 2.75) is 38.9 Å². The number of nitrogens with zero attached hydrogens (tertiary/aromatic N) is 2. The molecule has 104 valence electrons. The fourth-order valence-electron chi connectivity index (χ4n) is 2.98. The molecule has 2 heterocycles. The molecule has 1 unspecified atom stereocenters. The van der Waals surface area contributed by atoms with E-state index in [0.717, 1.165) is 12.2 Å². The number of nitrogens with two attached hydrogens (primary N) is 1. The molecule has 1 aliphatic heterocycles. The van der Waals surface area contributed by atoms with Gasteiger partial charge in [0.25, 0.3) is 0 Å². The molecular formula is C17H21N3. The number of aryl methyl sites for hydroxylation is 1. The van der Waals surface area contributed by atoms with E-state index in [0.29, 0.717) is 12.6 Å². The highest BCUT2D eigenvalue weighted by atomic mass is 15.2. The Kier molecular flexibility index (Phi) is 3.70. The number of para-hydroxylation sites is 1. The number of benzene rings is 1. The molecular weight excluding hydrogens is 246 g/mol. The average molecular weight is 267 g/mol. The van der Waals surface area contributed by atoms with E-state index in [1.165, 1.54) is 29.7 Å². The zero-order valence-corrected chi connectivity index (χ0v) is 11.9. The Morgan fingerprint density at radius 2 is 2.10 bits per heavy atom. The van der Waals surface area contributed by atoms with Crippen LogP contribution in [0, 0.1) is 0 Å². The molecule has 0 amide bonds. The summed E-state index contributed by atoms with van der Waals surface area (Å²) in [7, 11) is 0. The monoisotopic (exact) mass is 267 g/mol. The summed E-state index contributed by atoms with van der Waals surface area (Å²) in [5, 5.41) is 0. The number of hydrogen-bond acceptors (Lipinski definition) is 3. The summed E-state index contributed by atoms with van der Waals surface area (Å²) in [5.41, 5.74) is 10.8. The van der Waals surface area contributed by atoms with Crippen LogP contribution >= 0.6 is 0 Å². The van der Waals surface area contributed by atoms with Crippen molar-refractivity contribution in [3.63, 3.8) is 0 Å². The fourth-order valence-corrected chi connectivity index (χ4v) is 2.98. The topological polar surface area (TPSA) is 42.2 Å². The van der Waals surface area contributed by atoms with Crippen LogP contribution in [0.25, 0.3) is 0 Å². The van der Waals surface area contributed by atoms with E-state index >= 15 is 0 Å². The molecule has 3 rings (SSSR count). The molecule has 0 bridgehead atoms. The molecule has 1 aromatic carbocycles. The second-order valence-corrected chi connectivity index (χ2v) is 5.46. The Labute approximate surface area is 120 Å². The second-order valence-electron chi connectivity index (χ2n) is 5.46. The lowest BCUT2D eigenvalue weighted by atomic mass is 9.96. The van der Waals surface area contributed by atoms with Gasteiger partial charge in [-0.05, 0) is 43.0 Å². The number of rotatable bonds is 3.